The molecular weight excluding hydrogens is 749 g/mol. The molecule has 9 aromatic carbocycles. The highest BCUT2D eigenvalue weighted by Crippen LogP contribution is 2.58. The summed E-state index contributed by atoms with van der Waals surface area (Å²) >= 11 is 0. The molecule has 0 saturated carbocycles. The molecule has 288 valence electrons. The lowest BCUT2D eigenvalue weighted by Gasteiger charge is -2.20. The third kappa shape index (κ3) is 5.96. The van der Waals surface area contributed by atoms with Crippen molar-refractivity contribution in [1.82, 2.24) is 9.97 Å². The number of benzene rings is 9. The first-order valence-corrected chi connectivity index (χ1v) is 21.2. The Bertz CT molecular complexity index is 3340. The zero-order valence-corrected chi connectivity index (χ0v) is 33.8. The number of hydrogen-bond donors (Lipinski definition) is 0. The summed E-state index contributed by atoms with van der Waals surface area (Å²) in [6.45, 7) is 0. The molecule has 0 spiro atoms. The summed E-state index contributed by atoms with van der Waals surface area (Å²) in [5.74, 6) is 0. The van der Waals surface area contributed by atoms with Gasteiger partial charge in [-0.05, 0) is 123 Å². The average molecular weight is 787 g/mol. The molecule has 0 radical (unpaired) electrons. The molecule has 0 aliphatic heterocycles. The van der Waals surface area contributed by atoms with E-state index >= 15 is 0 Å². The van der Waals surface area contributed by atoms with E-state index in [0.29, 0.717) is 0 Å². The fraction of sp³-hybridized carbons (Fsp3) is 0. The van der Waals surface area contributed by atoms with E-state index in [1.165, 1.54) is 99.4 Å². The van der Waals surface area contributed by atoms with Crippen LogP contribution in [0.2, 0.25) is 0 Å². The van der Waals surface area contributed by atoms with Gasteiger partial charge >= 0.3 is 0 Å². The lowest BCUT2D eigenvalue weighted by Crippen LogP contribution is -1.93. The van der Waals surface area contributed by atoms with Crippen LogP contribution in [0.4, 0.5) is 0 Å². The summed E-state index contributed by atoms with van der Waals surface area (Å²) < 4.78 is 0. The third-order valence-corrected chi connectivity index (χ3v) is 12.6. The van der Waals surface area contributed by atoms with Crippen LogP contribution in [0.1, 0.15) is 0 Å². The van der Waals surface area contributed by atoms with Crippen LogP contribution < -0.4 is 0 Å². The van der Waals surface area contributed by atoms with Crippen molar-refractivity contribution in [2.75, 3.05) is 0 Å². The lowest BCUT2D eigenvalue weighted by atomic mass is 9.82. The molecule has 1 aliphatic rings. The first kappa shape index (κ1) is 35.7. The van der Waals surface area contributed by atoms with Gasteiger partial charge in [0.05, 0.1) is 11.4 Å². The normalized spacial score (nSPS) is 11.5. The van der Waals surface area contributed by atoms with Crippen molar-refractivity contribution in [1.29, 1.82) is 0 Å². The lowest BCUT2D eigenvalue weighted by molar-refractivity contribution is 1.25. The molecule has 0 amide bonds. The topological polar surface area (TPSA) is 25.8 Å². The van der Waals surface area contributed by atoms with Gasteiger partial charge in [-0.25, -0.2) is 0 Å². The molecule has 11 aromatic rings. The van der Waals surface area contributed by atoms with Crippen LogP contribution in [0.3, 0.4) is 0 Å². The van der Waals surface area contributed by atoms with Crippen molar-refractivity contribution in [3.05, 3.63) is 231 Å². The number of fused-ring (bicyclic) bond motifs is 4. The van der Waals surface area contributed by atoms with Crippen LogP contribution in [0.15, 0.2) is 231 Å². The highest BCUT2D eigenvalue weighted by atomic mass is 14.8. The van der Waals surface area contributed by atoms with Gasteiger partial charge < -0.3 is 0 Å². The predicted octanol–water partition coefficient (Wildman–Crippen LogP) is 16.1. The molecule has 62 heavy (non-hydrogen) atoms. The zero-order chi connectivity index (χ0) is 41.0. The summed E-state index contributed by atoms with van der Waals surface area (Å²) in [6.07, 6.45) is 3.72. The standard InChI is InChI=1S/C60H38N2/c1-3-12-45(13-4-1)56-50-16-7-8-17-51(50)57(46-14-5-2-6-15-46)60-53-35-34-48(49-18-11-19-52(58(49)53)59(56)60)44-31-29-42(30-32-44)40-23-21-39(22-24-40)41-25-27-43(28-26-41)47-33-36-55(62-38-47)54-20-9-10-37-61-54/h1-38H. The molecule has 12 rings (SSSR count). The summed E-state index contributed by atoms with van der Waals surface area (Å²) in [4.78, 5) is 9.09. The monoisotopic (exact) mass is 786 g/mol. The molecular formula is C60H38N2. The van der Waals surface area contributed by atoms with Crippen molar-refractivity contribution in [3.8, 4) is 100 Å². The van der Waals surface area contributed by atoms with E-state index in [2.05, 4.69) is 204 Å². The van der Waals surface area contributed by atoms with Gasteiger partial charge in [0.25, 0.3) is 0 Å². The average Bonchev–Trinajstić information content (AvgIpc) is 3.69. The van der Waals surface area contributed by atoms with Crippen LogP contribution in [0, 0.1) is 0 Å². The molecule has 2 heteroatoms. The summed E-state index contributed by atoms with van der Waals surface area (Å²) in [5, 5.41) is 5.16. The van der Waals surface area contributed by atoms with E-state index in [4.69, 9.17) is 0 Å². The fourth-order valence-electron chi connectivity index (χ4n) is 9.64. The van der Waals surface area contributed by atoms with Gasteiger partial charge in [-0.1, -0.05) is 200 Å². The van der Waals surface area contributed by atoms with E-state index in [0.717, 1.165) is 22.5 Å². The molecule has 1 aliphatic carbocycles. The number of pyridine rings is 2. The van der Waals surface area contributed by atoms with Crippen molar-refractivity contribution in [3.63, 3.8) is 0 Å². The van der Waals surface area contributed by atoms with Crippen LogP contribution in [0.25, 0.3) is 122 Å². The Morgan fingerprint density at radius 2 is 0.661 bits per heavy atom. The largest absolute Gasteiger partial charge is 0.255 e. The third-order valence-electron chi connectivity index (χ3n) is 12.6. The van der Waals surface area contributed by atoms with Gasteiger partial charge in [-0.15, -0.1) is 0 Å². The predicted molar refractivity (Wildman–Crippen MR) is 260 cm³/mol. The Morgan fingerprint density at radius 3 is 1.18 bits per heavy atom. The number of hydrogen-bond acceptors (Lipinski definition) is 2. The van der Waals surface area contributed by atoms with Gasteiger partial charge in [-0.2, -0.15) is 0 Å². The second-order valence-corrected chi connectivity index (χ2v) is 16.0. The minimum absolute atomic E-state index is 0.873. The number of nitrogens with zero attached hydrogens (tertiary/aromatic N) is 2. The molecule has 0 unspecified atom stereocenters. The molecule has 0 bridgehead atoms. The van der Waals surface area contributed by atoms with Crippen molar-refractivity contribution in [2.24, 2.45) is 0 Å². The Morgan fingerprint density at radius 1 is 0.226 bits per heavy atom. The minimum atomic E-state index is 0.873. The maximum absolute atomic E-state index is 4.67. The number of aromatic nitrogens is 2. The van der Waals surface area contributed by atoms with Crippen molar-refractivity contribution >= 4 is 21.5 Å². The van der Waals surface area contributed by atoms with Gasteiger partial charge in [0.15, 0.2) is 0 Å². The smallest absolute Gasteiger partial charge is 0.0886 e. The second kappa shape index (κ2) is 14.8. The van der Waals surface area contributed by atoms with Crippen LogP contribution in [0.5, 0.6) is 0 Å². The van der Waals surface area contributed by atoms with Gasteiger partial charge in [0.1, 0.15) is 0 Å². The molecule has 0 saturated heterocycles. The molecule has 0 N–H and O–H groups in total. The maximum Gasteiger partial charge on any atom is 0.0886 e. The SMILES string of the molecule is c1ccc(-c2c3c(c(-c4ccccc4)c4ccccc24)-c2ccc(-c4ccc(-c5ccc(-c6ccc(-c7ccc(-c8ccccn8)nc7)cc6)cc5)cc4)c4cccc-3c24)cc1. The van der Waals surface area contributed by atoms with E-state index in [9.17, 15) is 0 Å². The quantitative estimate of drug-likeness (QED) is 0.161. The van der Waals surface area contributed by atoms with Crippen LogP contribution in [-0.4, -0.2) is 9.97 Å². The first-order chi connectivity index (χ1) is 30.8. The van der Waals surface area contributed by atoms with E-state index in [1.54, 1.807) is 6.20 Å². The molecule has 2 nitrogen and oxygen atoms in total. The van der Waals surface area contributed by atoms with E-state index in [-0.39, 0.29) is 0 Å². The van der Waals surface area contributed by atoms with E-state index < -0.39 is 0 Å². The Labute approximate surface area is 361 Å². The molecule has 0 fully saturated rings. The maximum atomic E-state index is 4.67. The van der Waals surface area contributed by atoms with Crippen molar-refractivity contribution in [2.45, 2.75) is 0 Å². The highest BCUT2D eigenvalue weighted by molar-refractivity contribution is 6.28. The number of rotatable bonds is 7. The fourth-order valence-corrected chi connectivity index (χ4v) is 9.64. The second-order valence-electron chi connectivity index (χ2n) is 16.0. The highest BCUT2D eigenvalue weighted by Gasteiger charge is 2.31. The van der Waals surface area contributed by atoms with Gasteiger partial charge in [0.2, 0.25) is 0 Å². The summed E-state index contributed by atoms with van der Waals surface area (Å²) in [6, 6.07) is 79.2. The Balaban J connectivity index is 0.874. The van der Waals surface area contributed by atoms with Crippen molar-refractivity contribution < 1.29 is 0 Å². The minimum Gasteiger partial charge on any atom is -0.255 e. The Kier molecular flexibility index (Phi) is 8.53. The first-order valence-electron chi connectivity index (χ1n) is 21.2. The summed E-state index contributed by atoms with van der Waals surface area (Å²) in [7, 11) is 0. The Hall–Kier alpha value is -8.20. The van der Waals surface area contributed by atoms with Crippen LogP contribution in [-0.2, 0) is 0 Å². The molecule has 2 aromatic heterocycles. The summed E-state index contributed by atoms with van der Waals surface area (Å²) in [5.41, 5.74) is 21.5. The molecule has 2 heterocycles. The van der Waals surface area contributed by atoms with Gasteiger partial charge in [-0.3, -0.25) is 9.97 Å². The van der Waals surface area contributed by atoms with Crippen LogP contribution >= 0.6 is 0 Å². The van der Waals surface area contributed by atoms with E-state index in [1.807, 2.05) is 30.5 Å². The van der Waals surface area contributed by atoms with Gasteiger partial charge in [0, 0.05) is 18.0 Å². The zero-order valence-electron chi connectivity index (χ0n) is 33.8. The molecule has 0 atom stereocenters.